The minimum absolute atomic E-state index is 0.0521. The molecule has 2 fully saturated rings. The van der Waals surface area contributed by atoms with E-state index in [1.54, 1.807) is 12.1 Å². The molecule has 6 heteroatoms. The van der Waals surface area contributed by atoms with Crippen LogP contribution < -0.4 is 10.6 Å². The highest BCUT2D eigenvalue weighted by molar-refractivity contribution is 6.05. The maximum absolute atomic E-state index is 12.1. The van der Waals surface area contributed by atoms with E-state index in [4.69, 9.17) is 5.11 Å². The van der Waals surface area contributed by atoms with Gasteiger partial charge in [-0.25, -0.2) is 0 Å². The topological polar surface area (TPSA) is 95.5 Å². The number of rotatable bonds is 6. The maximum atomic E-state index is 12.1. The smallest absolute Gasteiger partial charge is 0.319 e. The zero-order valence-corrected chi connectivity index (χ0v) is 13.0. The van der Waals surface area contributed by atoms with Crippen molar-refractivity contribution in [2.24, 2.45) is 11.3 Å². The average Bonchev–Trinajstić information content (AvgIpc) is 3.40. The average molecular weight is 316 g/mol. The van der Waals surface area contributed by atoms with Crippen LogP contribution >= 0.6 is 0 Å². The molecule has 0 aliphatic heterocycles. The Morgan fingerprint density at radius 2 is 1.78 bits per heavy atom. The molecule has 0 unspecified atom stereocenters. The predicted molar refractivity (Wildman–Crippen MR) is 83.7 cm³/mol. The van der Waals surface area contributed by atoms with Gasteiger partial charge in [0.05, 0.1) is 6.04 Å². The van der Waals surface area contributed by atoms with Crippen LogP contribution in [0.2, 0.25) is 0 Å². The molecule has 0 heterocycles. The molecule has 2 aliphatic carbocycles. The van der Waals surface area contributed by atoms with Crippen molar-refractivity contribution in [3.63, 3.8) is 0 Å². The molecule has 122 valence electrons. The van der Waals surface area contributed by atoms with Gasteiger partial charge in [-0.2, -0.15) is 0 Å². The van der Waals surface area contributed by atoms with Gasteiger partial charge in [-0.05, 0) is 50.3 Å². The Morgan fingerprint density at radius 3 is 2.26 bits per heavy atom. The van der Waals surface area contributed by atoms with Gasteiger partial charge in [0.25, 0.3) is 0 Å². The van der Waals surface area contributed by atoms with E-state index in [1.165, 1.54) is 0 Å². The number of benzene rings is 1. The van der Waals surface area contributed by atoms with E-state index >= 15 is 0 Å². The monoisotopic (exact) mass is 316 g/mol. The van der Waals surface area contributed by atoms with Crippen LogP contribution in [-0.4, -0.2) is 22.9 Å². The lowest BCUT2D eigenvalue weighted by molar-refractivity contribution is -0.149. The van der Waals surface area contributed by atoms with Gasteiger partial charge in [0.1, 0.15) is 5.41 Å². The molecule has 0 bridgehead atoms. The number of nitrogens with one attached hydrogen (secondary N) is 2. The minimum atomic E-state index is -1.23. The third-order valence-corrected chi connectivity index (χ3v) is 4.57. The molecular formula is C17H20N2O4. The number of carbonyl (C=O) groups excluding carboxylic acids is 2. The fraction of sp³-hybridized carbons (Fsp3) is 0.471. The lowest BCUT2D eigenvalue weighted by Gasteiger charge is -2.18. The summed E-state index contributed by atoms with van der Waals surface area (Å²) in [4.78, 5) is 34.9. The second-order valence-corrected chi connectivity index (χ2v) is 6.47. The molecule has 2 aliphatic rings. The zero-order chi connectivity index (χ0) is 16.6. The highest BCUT2D eigenvalue weighted by Crippen LogP contribution is 2.46. The van der Waals surface area contributed by atoms with E-state index in [0.29, 0.717) is 12.8 Å². The van der Waals surface area contributed by atoms with Gasteiger partial charge in [-0.3, -0.25) is 14.4 Å². The van der Waals surface area contributed by atoms with E-state index < -0.39 is 17.3 Å². The van der Waals surface area contributed by atoms with Crippen LogP contribution in [0.5, 0.6) is 0 Å². The van der Waals surface area contributed by atoms with Crippen LogP contribution in [0.15, 0.2) is 24.3 Å². The third kappa shape index (κ3) is 3.21. The molecule has 2 amide bonds. The Morgan fingerprint density at radius 1 is 1.17 bits per heavy atom. The third-order valence-electron chi connectivity index (χ3n) is 4.57. The second kappa shape index (κ2) is 5.68. The molecule has 3 rings (SSSR count). The summed E-state index contributed by atoms with van der Waals surface area (Å²) in [7, 11) is 0. The first-order valence-corrected chi connectivity index (χ1v) is 7.87. The van der Waals surface area contributed by atoms with Crippen molar-refractivity contribution in [1.29, 1.82) is 0 Å². The van der Waals surface area contributed by atoms with E-state index in [2.05, 4.69) is 10.6 Å². The van der Waals surface area contributed by atoms with E-state index in [9.17, 15) is 14.4 Å². The van der Waals surface area contributed by atoms with Gasteiger partial charge in [0.2, 0.25) is 11.8 Å². The zero-order valence-electron chi connectivity index (χ0n) is 13.0. The van der Waals surface area contributed by atoms with Crippen molar-refractivity contribution in [3.05, 3.63) is 29.8 Å². The van der Waals surface area contributed by atoms with Crippen LogP contribution in [0.4, 0.5) is 5.69 Å². The van der Waals surface area contributed by atoms with Crippen molar-refractivity contribution >= 4 is 23.5 Å². The number of carboxylic acid groups (broad SMARTS) is 1. The quantitative estimate of drug-likeness (QED) is 0.700. The first-order chi connectivity index (χ1) is 10.9. The molecule has 0 spiro atoms. The van der Waals surface area contributed by atoms with Gasteiger partial charge in [0.15, 0.2) is 0 Å². The van der Waals surface area contributed by atoms with E-state index in [0.717, 1.165) is 24.1 Å². The Labute approximate surface area is 134 Å². The summed E-state index contributed by atoms with van der Waals surface area (Å²) in [6.07, 6.45) is 2.71. The predicted octanol–water partition coefficient (Wildman–Crippen LogP) is 2.08. The molecular weight excluding hydrogens is 296 g/mol. The molecule has 0 aromatic heterocycles. The fourth-order valence-electron chi connectivity index (χ4n) is 2.53. The number of carboxylic acids is 1. The lowest BCUT2D eigenvalue weighted by atomic mass is 10.0. The van der Waals surface area contributed by atoms with Gasteiger partial charge in [-0.1, -0.05) is 12.1 Å². The highest BCUT2D eigenvalue weighted by Gasteiger charge is 2.57. The molecule has 1 atom stereocenters. The van der Waals surface area contributed by atoms with Crippen LogP contribution in [-0.2, 0) is 14.4 Å². The number of aliphatic carboxylic acids is 1. The van der Waals surface area contributed by atoms with Gasteiger partial charge >= 0.3 is 5.97 Å². The number of amides is 2. The van der Waals surface area contributed by atoms with Crippen LogP contribution in [0, 0.1) is 11.3 Å². The fourth-order valence-corrected chi connectivity index (χ4v) is 2.53. The van der Waals surface area contributed by atoms with Crippen molar-refractivity contribution < 1.29 is 19.5 Å². The van der Waals surface area contributed by atoms with Crippen LogP contribution in [0.25, 0.3) is 0 Å². The first-order valence-electron chi connectivity index (χ1n) is 7.87. The number of hydrogen-bond donors (Lipinski definition) is 3. The Kier molecular flexibility index (Phi) is 3.83. The molecule has 2 saturated carbocycles. The summed E-state index contributed by atoms with van der Waals surface area (Å²) in [5.41, 5.74) is 0.365. The number of anilines is 1. The van der Waals surface area contributed by atoms with Gasteiger partial charge in [-0.15, -0.1) is 0 Å². The SMILES string of the molecule is C[C@@H](NC(=O)C1(C(=O)O)CC1)c1ccc(NC(=O)C2CC2)cc1. The molecule has 1 aromatic rings. The van der Waals surface area contributed by atoms with Crippen LogP contribution in [0.3, 0.4) is 0 Å². The van der Waals surface area contributed by atoms with Crippen LogP contribution in [0.1, 0.15) is 44.2 Å². The maximum Gasteiger partial charge on any atom is 0.319 e. The Bertz CT molecular complexity index is 645. The molecule has 3 N–H and O–H groups in total. The Hall–Kier alpha value is -2.37. The van der Waals surface area contributed by atoms with E-state index in [1.807, 2.05) is 19.1 Å². The van der Waals surface area contributed by atoms with Crippen molar-refractivity contribution in [2.45, 2.75) is 38.6 Å². The van der Waals surface area contributed by atoms with Crippen molar-refractivity contribution in [3.8, 4) is 0 Å². The van der Waals surface area contributed by atoms with Crippen molar-refractivity contribution in [1.82, 2.24) is 5.32 Å². The summed E-state index contributed by atoms with van der Waals surface area (Å²) in [6.45, 7) is 1.81. The number of carbonyl (C=O) groups is 3. The molecule has 6 nitrogen and oxygen atoms in total. The van der Waals surface area contributed by atoms with Crippen molar-refractivity contribution in [2.75, 3.05) is 5.32 Å². The number of hydrogen-bond acceptors (Lipinski definition) is 3. The molecule has 0 radical (unpaired) electrons. The molecule has 1 aromatic carbocycles. The molecule has 0 saturated heterocycles. The largest absolute Gasteiger partial charge is 0.480 e. The summed E-state index contributed by atoms with van der Waals surface area (Å²) in [5.74, 6) is -1.28. The second-order valence-electron chi connectivity index (χ2n) is 6.47. The normalized spacial score (nSPS) is 19.5. The summed E-state index contributed by atoms with van der Waals surface area (Å²) >= 11 is 0. The summed E-state index contributed by atoms with van der Waals surface area (Å²) in [5, 5.41) is 14.7. The first kappa shape index (κ1) is 15.5. The van der Waals surface area contributed by atoms with E-state index in [-0.39, 0.29) is 17.9 Å². The standard InChI is InChI=1S/C17H20N2O4/c1-10(18-15(21)17(8-9-17)16(22)23)11-4-6-13(7-5-11)19-14(20)12-2-3-12/h4-7,10,12H,2-3,8-9H2,1H3,(H,18,21)(H,19,20)(H,22,23)/t10-/m1/s1. The lowest BCUT2D eigenvalue weighted by Crippen LogP contribution is -2.38. The highest BCUT2D eigenvalue weighted by atomic mass is 16.4. The van der Waals surface area contributed by atoms with Gasteiger partial charge < -0.3 is 15.7 Å². The summed E-state index contributed by atoms with van der Waals surface area (Å²) in [6, 6.07) is 6.96. The Balaban J connectivity index is 1.59. The van der Waals surface area contributed by atoms with Gasteiger partial charge in [0, 0.05) is 11.6 Å². The minimum Gasteiger partial charge on any atom is -0.480 e. The molecule has 23 heavy (non-hydrogen) atoms. The summed E-state index contributed by atoms with van der Waals surface area (Å²) < 4.78 is 0.